The van der Waals surface area contributed by atoms with Gasteiger partial charge in [0.2, 0.25) is 5.91 Å². The summed E-state index contributed by atoms with van der Waals surface area (Å²) in [6.45, 7) is 10.3. The summed E-state index contributed by atoms with van der Waals surface area (Å²) < 4.78 is 0. The molecule has 0 N–H and O–H groups in total. The van der Waals surface area contributed by atoms with Crippen molar-refractivity contribution in [3.8, 4) is 0 Å². The minimum absolute atomic E-state index is 0.218. The van der Waals surface area contributed by atoms with Crippen LogP contribution in [-0.2, 0) is 4.79 Å². The Morgan fingerprint density at radius 1 is 1.07 bits per heavy atom. The molecule has 2 saturated heterocycles. The van der Waals surface area contributed by atoms with Crippen molar-refractivity contribution in [2.45, 2.75) is 20.8 Å². The first kappa shape index (κ1) is 10.9. The summed E-state index contributed by atoms with van der Waals surface area (Å²) in [6.07, 6.45) is 0. The molecule has 0 bridgehead atoms. The molecular formula is C12H22N2O. The van der Waals surface area contributed by atoms with Crippen molar-refractivity contribution in [3.63, 3.8) is 0 Å². The molecule has 0 saturated carbocycles. The minimum atomic E-state index is -0.218. The van der Waals surface area contributed by atoms with Crippen LogP contribution in [0.25, 0.3) is 0 Å². The molecule has 0 aliphatic carbocycles. The van der Waals surface area contributed by atoms with E-state index in [-0.39, 0.29) is 5.41 Å². The van der Waals surface area contributed by atoms with Gasteiger partial charge in [0.15, 0.2) is 0 Å². The highest BCUT2D eigenvalue weighted by molar-refractivity contribution is 5.81. The van der Waals surface area contributed by atoms with E-state index in [1.807, 2.05) is 20.8 Å². The maximum absolute atomic E-state index is 12.1. The molecule has 2 unspecified atom stereocenters. The highest BCUT2D eigenvalue weighted by Gasteiger charge is 2.42. The van der Waals surface area contributed by atoms with Gasteiger partial charge in [0, 0.05) is 31.6 Å². The van der Waals surface area contributed by atoms with Crippen molar-refractivity contribution < 1.29 is 4.79 Å². The lowest BCUT2D eigenvalue weighted by Gasteiger charge is -2.27. The predicted octanol–water partition coefficient (Wildman–Crippen LogP) is 1.05. The number of carbonyl (C=O) groups is 1. The maximum Gasteiger partial charge on any atom is 0.227 e. The van der Waals surface area contributed by atoms with Gasteiger partial charge in [-0.25, -0.2) is 0 Å². The number of carbonyl (C=O) groups excluding carboxylic acids is 1. The molecule has 0 aromatic heterocycles. The second kappa shape index (κ2) is 3.48. The first-order valence-corrected chi connectivity index (χ1v) is 5.86. The van der Waals surface area contributed by atoms with Gasteiger partial charge in [-0.2, -0.15) is 0 Å². The van der Waals surface area contributed by atoms with Crippen molar-refractivity contribution in [2.24, 2.45) is 17.3 Å². The Balaban J connectivity index is 1.98. The van der Waals surface area contributed by atoms with Gasteiger partial charge in [-0.05, 0) is 18.9 Å². The quantitative estimate of drug-likeness (QED) is 0.597. The van der Waals surface area contributed by atoms with E-state index in [1.54, 1.807) is 0 Å². The van der Waals surface area contributed by atoms with E-state index < -0.39 is 0 Å². The molecule has 86 valence electrons. The van der Waals surface area contributed by atoms with Crippen LogP contribution < -0.4 is 0 Å². The molecule has 0 aromatic rings. The number of nitrogens with zero attached hydrogens (tertiary/aromatic N) is 2. The Hall–Kier alpha value is -0.570. The van der Waals surface area contributed by atoms with Gasteiger partial charge in [0.1, 0.15) is 0 Å². The number of fused-ring (bicyclic) bond motifs is 1. The Kier molecular flexibility index (Phi) is 2.53. The maximum atomic E-state index is 12.1. The smallest absolute Gasteiger partial charge is 0.227 e. The largest absolute Gasteiger partial charge is 0.342 e. The summed E-state index contributed by atoms with van der Waals surface area (Å²) >= 11 is 0. The predicted molar refractivity (Wildman–Crippen MR) is 60.5 cm³/mol. The van der Waals surface area contributed by atoms with Gasteiger partial charge in [-0.3, -0.25) is 4.79 Å². The fourth-order valence-electron chi connectivity index (χ4n) is 2.87. The van der Waals surface area contributed by atoms with Gasteiger partial charge >= 0.3 is 0 Å². The molecule has 0 aromatic carbocycles. The summed E-state index contributed by atoms with van der Waals surface area (Å²) in [6, 6.07) is 0. The third kappa shape index (κ3) is 2.03. The lowest BCUT2D eigenvalue weighted by atomic mass is 9.95. The Morgan fingerprint density at radius 2 is 1.53 bits per heavy atom. The Bertz CT molecular complexity index is 255. The lowest BCUT2D eigenvalue weighted by Crippen LogP contribution is -2.39. The molecule has 15 heavy (non-hydrogen) atoms. The van der Waals surface area contributed by atoms with Crippen LogP contribution in [0.15, 0.2) is 0 Å². The number of likely N-dealkylation sites (tertiary alicyclic amines) is 2. The highest BCUT2D eigenvalue weighted by Crippen LogP contribution is 2.32. The molecule has 2 fully saturated rings. The fourth-order valence-corrected chi connectivity index (χ4v) is 2.87. The summed E-state index contributed by atoms with van der Waals surface area (Å²) in [4.78, 5) is 16.5. The van der Waals surface area contributed by atoms with Crippen molar-refractivity contribution >= 4 is 5.91 Å². The lowest BCUT2D eigenvalue weighted by molar-refractivity contribution is -0.138. The number of rotatable bonds is 0. The van der Waals surface area contributed by atoms with Gasteiger partial charge < -0.3 is 9.80 Å². The van der Waals surface area contributed by atoms with Crippen LogP contribution in [0, 0.1) is 17.3 Å². The van der Waals surface area contributed by atoms with Crippen LogP contribution in [0.5, 0.6) is 0 Å². The molecule has 0 radical (unpaired) electrons. The zero-order chi connectivity index (χ0) is 11.2. The van der Waals surface area contributed by atoms with E-state index in [4.69, 9.17) is 0 Å². The molecule has 3 nitrogen and oxygen atoms in total. The average Bonchev–Trinajstić information content (AvgIpc) is 2.57. The van der Waals surface area contributed by atoms with Gasteiger partial charge in [0.25, 0.3) is 0 Å². The van der Waals surface area contributed by atoms with Gasteiger partial charge in [0.05, 0.1) is 0 Å². The van der Waals surface area contributed by atoms with E-state index in [0.29, 0.717) is 5.91 Å². The number of amides is 1. The first-order valence-electron chi connectivity index (χ1n) is 5.86. The van der Waals surface area contributed by atoms with E-state index >= 15 is 0 Å². The average molecular weight is 210 g/mol. The standard InChI is InChI=1S/C12H22N2O/c1-12(2,3)11(15)14-7-9-5-13(4)6-10(9)8-14/h9-10H,5-8H2,1-4H3. The van der Waals surface area contributed by atoms with Gasteiger partial charge in [-0.1, -0.05) is 20.8 Å². The Labute approximate surface area is 92.4 Å². The van der Waals surface area contributed by atoms with Crippen LogP contribution in [0.4, 0.5) is 0 Å². The van der Waals surface area contributed by atoms with Crippen molar-refractivity contribution in [1.82, 2.24) is 9.80 Å². The van der Waals surface area contributed by atoms with Crippen molar-refractivity contribution in [3.05, 3.63) is 0 Å². The van der Waals surface area contributed by atoms with Crippen molar-refractivity contribution in [2.75, 3.05) is 33.2 Å². The second-order valence-corrected chi connectivity index (χ2v) is 6.20. The number of hydrogen-bond acceptors (Lipinski definition) is 2. The highest BCUT2D eigenvalue weighted by atomic mass is 16.2. The topological polar surface area (TPSA) is 23.6 Å². The third-order valence-electron chi connectivity index (χ3n) is 3.60. The fraction of sp³-hybridized carbons (Fsp3) is 0.917. The molecule has 3 heteroatoms. The zero-order valence-corrected chi connectivity index (χ0v) is 10.3. The summed E-state index contributed by atoms with van der Waals surface area (Å²) in [5.41, 5.74) is -0.218. The third-order valence-corrected chi connectivity index (χ3v) is 3.60. The molecule has 0 spiro atoms. The summed E-state index contributed by atoms with van der Waals surface area (Å²) in [5.74, 6) is 1.77. The van der Waals surface area contributed by atoms with Crippen LogP contribution in [0.2, 0.25) is 0 Å². The van der Waals surface area contributed by atoms with E-state index in [2.05, 4.69) is 16.8 Å². The van der Waals surface area contributed by atoms with Crippen LogP contribution in [0.1, 0.15) is 20.8 Å². The number of hydrogen-bond donors (Lipinski definition) is 0. The molecule has 1 amide bonds. The van der Waals surface area contributed by atoms with Gasteiger partial charge in [-0.15, -0.1) is 0 Å². The SMILES string of the molecule is CN1CC2CN(C(=O)C(C)(C)C)CC2C1. The van der Waals surface area contributed by atoms with E-state index in [0.717, 1.165) is 24.9 Å². The molecule has 2 aliphatic rings. The minimum Gasteiger partial charge on any atom is -0.342 e. The summed E-state index contributed by atoms with van der Waals surface area (Å²) in [7, 11) is 2.17. The molecule has 2 rings (SSSR count). The molecular weight excluding hydrogens is 188 g/mol. The summed E-state index contributed by atoms with van der Waals surface area (Å²) in [5, 5.41) is 0. The van der Waals surface area contributed by atoms with E-state index in [9.17, 15) is 4.79 Å². The normalized spacial score (nSPS) is 32.1. The second-order valence-electron chi connectivity index (χ2n) is 6.20. The van der Waals surface area contributed by atoms with Crippen LogP contribution in [-0.4, -0.2) is 48.9 Å². The monoisotopic (exact) mass is 210 g/mol. The molecule has 2 heterocycles. The zero-order valence-electron chi connectivity index (χ0n) is 10.3. The van der Waals surface area contributed by atoms with Crippen LogP contribution >= 0.6 is 0 Å². The Morgan fingerprint density at radius 3 is 1.93 bits per heavy atom. The molecule has 2 aliphatic heterocycles. The van der Waals surface area contributed by atoms with E-state index in [1.165, 1.54) is 13.1 Å². The first-order chi connectivity index (χ1) is 6.88. The van der Waals surface area contributed by atoms with Crippen LogP contribution in [0.3, 0.4) is 0 Å². The van der Waals surface area contributed by atoms with Crippen molar-refractivity contribution in [1.29, 1.82) is 0 Å². The molecule has 2 atom stereocenters.